The van der Waals surface area contributed by atoms with Crippen molar-refractivity contribution in [2.24, 2.45) is 0 Å². The topological polar surface area (TPSA) is 88.2 Å². The van der Waals surface area contributed by atoms with Gasteiger partial charge in [-0.3, -0.25) is 14.4 Å². The zero-order valence-corrected chi connectivity index (χ0v) is 21.7. The third kappa shape index (κ3) is 6.10. The van der Waals surface area contributed by atoms with Crippen LogP contribution in [-0.2, 0) is 16.6 Å². The zero-order valence-electron chi connectivity index (χ0n) is 20.1. The van der Waals surface area contributed by atoms with E-state index in [0.717, 1.165) is 18.7 Å². The van der Waals surface area contributed by atoms with Gasteiger partial charge in [-0.05, 0) is 60.2 Å². The molecule has 1 N–H and O–H groups in total. The number of carbonyl (C=O) groups is 1. The SMILES string of the molecule is COc1ccc(S(=O)(=O)Nc2ccc(CN3CCN(C(=O)c4ccc(OC)c(Cl)c4)CC3)cc2)cc1. The Morgan fingerprint density at radius 3 is 2.17 bits per heavy atom. The summed E-state index contributed by atoms with van der Waals surface area (Å²) in [5.74, 6) is 1.08. The highest BCUT2D eigenvalue weighted by atomic mass is 35.5. The molecule has 8 nitrogen and oxygen atoms in total. The number of hydrogen-bond acceptors (Lipinski definition) is 6. The fourth-order valence-corrected chi connectivity index (χ4v) is 5.31. The van der Waals surface area contributed by atoms with Gasteiger partial charge in [0.05, 0.1) is 24.1 Å². The van der Waals surface area contributed by atoms with E-state index < -0.39 is 10.0 Å². The molecule has 1 saturated heterocycles. The van der Waals surface area contributed by atoms with E-state index in [0.29, 0.717) is 47.4 Å². The van der Waals surface area contributed by atoms with Crippen molar-refractivity contribution in [1.82, 2.24) is 9.80 Å². The van der Waals surface area contributed by atoms with Gasteiger partial charge in [0.2, 0.25) is 0 Å². The number of sulfonamides is 1. The lowest BCUT2D eigenvalue weighted by Crippen LogP contribution is -2.48. The second-order valence-electron chi connectivity index (χ2n) is 8.40. The lowest BCUT2D eigenvalue weighted by Gasteiger charge is -2.34. The number of amides is 1. The van der Waals surface area contributed by atoms with Crippen LogP contribution in [0.2, 0.25) is 5.02 Å². The Morgan fingerprint density at radius 2 is 1.58 bits per heavy atom. The fraction of sp³-hybridized carbons (Fsp3) is 0.269. The molecule has 3 aromatic carbocycles. The number of carbonyl (C=O) groups excluding carboxylic acids is 1. The van der Waals surface area contributed by atoms with Crippen LogP contribution in [0, 0.1) is 0 Å². The third-order valence-corrected chi connectivity index (χ3v) is 7.73. The smallest absolute Gasteiger partial charge is 0.261 e. The van der Waals surface area contributed by atoms with Crippen molar-refractivity contribution in [3.8, 4) is 11.5 Å². The Morgan fingerprint density at radius 1 is 0.917 bits per heavy atom. The summed E-state index contributed by atoms with van der Waals surface area (Å²) in [6, 6.07) is 18.6. The molecule has 0 saturated carbocycles. The highest BCUT2D eigenvalue weighted by Crippen LogP contribution is 2.26. The van der Waals surface area contributed by atoms with Crippen molar-refractivity contribution in [3.05, 3.63) is 82.9 Å². The number of piperazine rings is 1. The van der Waals surface area contributed by atoms with Crippen LogP contribution >= 0.6 is 11.6 Å². The van der Waals surface area contributed by atoms with Crippen molar-refractivity contribution in [2.75, 3.05) is 45.1 Å². The predicted octanol–water partition coefficient (Wildman–Crippen LogP) is 4.12. The second-order valence-corrected chi connectivity index (χ2v) is 10.5. The van der Waals surface area contributed by atoms with Crippen LogP contribution in [0.3, 0.4) is 0 Å². The molecule has 1 aliphatic rings. The molecule has 1 fully saturated rings. The maximum absolute atomic E-state index is 12.8. The van der Waals surface area contributed by atoms with Crippen LogP contribution in [-0.4, -0.2) is 64.5 Å². The summed E-state index contributed by atoms with van der Waals surface area (Å²) in [6.45, 7) is 3.41. The number of hydrogen-bond donors (Lipinski definition) is 1. The van der Waals surface area contributed by atoms with Crippen LogP contribution in [0.15, 0.2) is 71.6 Å². The summed E-state index contributed by atoms with van der Waals surface area (Å²) in [7, 11) is -0.623. The minimum absolute atomic E-state index is 0.0484. The lowest BCUT2D eigenvalue weighted by atomic mass is 10.1. The van der Waals surface area contributed by atoms with Crippen LogP contribution in [0.5, 0.6) is 11.5 Å². The first-order valence-electron chi connectivity index (χ1n) is 11.4. The van der Waals surface area contributed by atoms with Crippen molar-refractivity contribution in [3.63, 3.8) is 0 Å². The number of halogens is 1. The quantitative estimate of drug-likeness (QED) is 0.472. The normalized spacial score (nSPS) is 14.4. The first-order valence-corrected chi connectivity index (χ1v) is 13.3. The summed E-state index contributed by atoms with van der Waals surface area (Å²) in [4.78, 5) is 17.1. The minimum atomic E-state index is -3.69. The van der Waals surface area contributed by atoms with E-state index in [1.807, 2.05) is 17.0 Å². The number of ether oxygens (including phenoxy) is 2. The molecule has 0 unspecified atom stereocenters. The monoisotopic (exact) mass is 529 g/mol. The molecule has 4 rings (SSSR count). The molecule has 0 spiro atoms. The number of benzene rings is 3. The first-order chi connectivity index (χ1) is 17.3. The number of anilines is 1. The van der Waals surface area contributed by atoms with Gasteiger partial charge in [-0.2, -0.15) is 0 Å². The summed E-state index contributed by atoms with van der Waals surface area (Å²) in [6.07, 6.45) is 0. The lowest BCUT2D eigenvalue weighted by molar-refractivity contribution is 0.0628. The van der Waals surface area contributed by atoms with Gasteiger partial charge in [0.1, 0.15) is 11.5 Å². The minimum Gasteiger partial charge on any atom is -0.497 e. The van der Waals surface area contributed by atoms with Gasteiger partial charge in [-0.15, -0.1) is 0 Å². The molecular formula is C26H28ClN3O5S. The van der Waals surface area contributed by atoms with E-state index in [1.54, 1.807) is 42.5 Å². The molecule has 1 amide bonds. The molecule has 0 aromatic heterocycles. The molecule has 190 valence electrons. The Kier molecular flexibility index (Phi) is 8.03. The van der Waals surface area contributed by atoms with Crippen LogP contribution in [0.4, 0.5) is 5.69 Å². The van der Waals surface area contributed by atoms with E-state index in [2.05, 4.69) is 9.62 Å². The van der Waals surface area contributed by atoms with Gasteiger partial charge in [0.25, 0.3) is 15.9 Å². The summed E-state index contributed by atoms with van der Waals surface area (Å²) in [5, 5.41) is 0.414. The molecule has 36 heavy (non-hydrogen) atoms. The molecule has 0 aliphatic carbocycles. The average Bonchev–Trinajstić information content (AvgIpc) is 2.89. The summed E-state index contributed by atoms with van der Waals surface area (Å²) < 4.78 is 38.1. The van der Waals surface area contributed by atoms with Gasteiger partial charge in [0.15, 0.2) is 0 Å². The average molecular weight is 530 g/mol. The van der Waals surface area contributed by atoms with E-state index in [1.165, 1.54) is 26.4 Å². The maximum atomic E-state index is 12.8. The molecule has 0 bridgehead atoms. The van der Waals surface area contributed by atoms with E-state index in [-0.39, 0.29) is 10.8 Å². The van der Waals surface area contributed by atoms with Crippen molar-refractivity contribution in [1.29, 1.82) is 0 Å². The van der Waals surface area contributed by atoms with Crippen LogP contribution in [0.1, 0.15) is 15.9 Å². The van der Waals surface area contributed by atoms with Crippen molar-refractivity contribution < 1.29 is 22.7 Å². The molecule has 3 aromatic rings. The highest BCUT2D eigenvalue weighted by molar-refractivity contribution is 7.92. The maximum Gasteiger partial charge on any atom is 0.261 e. The van der Waals surface area contributed by atoms with Crippen LogP contribution < -0.4 is 14.2 Å². The van der Waals surface area contributed by atoms with Crippen molar-refractivity contribution in [2.45, 2.75) is 11.4 Å². The van der Waals surface area contributed by atoms with Crippen molar-refractivity contribution >= 4 is 33.2 Å². The third-order valence-electron chi connectivity index (χ3n) is 6.04. The van der Waals surface area contributed by atoms with Gasteiger partial charge in [0, 0.05) is 44.0 Å². The zero-order chi connectivity index (χ0) is 25.7. The molecule has 0 radical (unpaired) electrons. The largest absolute Gasteiger partial charge is 0.497 e. The first kappa shape index (κ1) is 25.8. The fourth-order valence-electron chi connectivity index (χ4n) is 4.00. The predicted molar refractivity (Wildman–Crippen MR) is 139 cm³/mol. The van der Waals surface area contributed by atoms with E-state index in [9.17, 15) is 13.2 Å². The Bertz CT molecular complexity index is 1310. The number of nitrogens with zero attached hydrogens (tertiary/aromatic N) is 2. The van der Waals surface area contributed by atoms with E-state index >= 15 is 0 Å². The second kappa shape index (κ2) is 11.2. The Hall–Kier alpha value is -3.27. The number of rotatable bonds is 8. The number of nitrogens with one attached hydrogen (secondary N) is 1. The van der Waals surface area contributed by atoms with Gasteiger partial charge in [-0.1, -0.05) is 23.7 Å². The van der Waals surface area contributed by atoms with Crippen LogP contribution in [0.25, 0.3) is 0 Å². The summed E-state index contributed by atoms with van der Waals surface area (Å²) >= 11 is 6.17. The van der Waals surface area contributed by atoms with Gasteiger partial charge in [-0.25, -0.2) is 8.42 Å². The van der Waals surface area contributed by atoms with Gasteiger partial charge >= 0.3 is 0 Å². The molecule has 1 heterocycles. The molecular weight excluding hydrogens is 502 g/mol. The Balaban J connectivity index is 1.30. The van der Waals surface area contributed by atoms with Gasteiger partial charge < -0.3 is 14.4 Å². The number of methoxy groups -OCH3 is 2. The molecule has 0 atom stereocenters. The Labute approximate surface area is 216 Å². The molecule has 10 heteroatoms. The summed E-state index contributed by atoms with van der Waals surface area (Å²) in [5.41, 5.74) is 2.09. The van der Waals surface area contributed by atoms with E-state index in [4.69, 9.17) is 21.1 Å². The molecule has 1 aliphatic heterocycles. The standard InChI is InChI=1S/C26H28ClN3O5S/c1-34-22-8-10-23(11-9-22)36(32,33)28-21-6-3-19(4-7-21)18-29-13-15-30(16-14-29)26(31)20-5-12-25(35-2)24(27)17-20/h3-12,17,28H,13-16,18H2,1-2H3. The highest BCUT2D eigenvalue weighted by Gasteiger charge is 2.23.